The lowest BCUT2D eigenvalue weighted by atomic mass is 10.0. The average molecular weight is 368 g/mol. The zero-order valence-electron chi connectivity index (χ0n) is 13.3. The van der Waals surface area contributed by atoms with Crippen LogP contribution in [0.15, 0.2) is 54.9 Å². The molecular weight excluding hydrogens is 354 g/mol. The number of phenolic OH excluding ortho intramolecular Hbond substituents is 1. The molecule has 0 saturated carbocycles. The van der Waals surface area contributed by atoms with Gasteiger partial charge in [-0.25, -0.2) is 9.97 Å². The van der Waals surface area contributed by atoms with E-state index in [1.165, 1.54) is 11.2 Å². The van der Waals surface area contributed by atoms with E-state index in [1.54, 1.807) is 29.5 Å². The minimum Gasteiger partial charge on any atom is -0.506 e. The third kappa shape index (κ3) is 2.92. The Morgan fingerprint density at radius 2 is 1.88 bits per heavy atom. The lowest BCUT2D eigenvalue weighted by Crippen LogP contribution is -1.96. The van der Waals surface area contributed by atoms with Crippen molar-refractivity contribution in [3.8, 4) is 16.9 Å². The molecule has 0 saturated heterocycles. The van der Waals surface area contributed by atoms with Crippen LogP contribution in [0.3, 0.4) is 0 Å². The van der Waals surface area contributed by atoms with Gasteiger partial charge in [0, 0.05) is 15.5 Å². The van der Waals surface area contributed by atoms with Gasteiger partial charge in [-0.1, -0.05) is 41.9 Å². The molecule has 0 atom stereocenters. The minimum absolute atomic E-state index is 0.115. The summed E-state index contributed by atoms with van der Waals surface area (Å²) in [6, 6.07) is 15.0. The number of hydrogen-bond donors (Lipinski definition) is 2. The number of phenols is 1. The van der Waals surface area contributed by atoms with Crippen LogP contribution in [0.2, 0.25) is 5.02 Å². The van der Waals surface area contributed by atoms with E-state index in [0.717, 1.165) is 21.3 Å². The average Bonchev–Trinajstić information content (AvgIpc) is 2.96. The van der Waals surface area contributed by atoms with Crippen molar-refractivity contribution in [1.29, 1.82) is 0 Å². The van der Waals surface area contributed by atoms with Gasteiger partial charge in [0.1, 0.15) is 22.7 Å². The van der Waals surface area contributed by atoms with Crippen LogP contribution in [0.5, 0.6) is 5.75 Å². The molecule has 0 unspecified atom stereocenters. The first-order valence-electron chi connectivity index (χ1n) is 7.68. The van der Waals surface area contributed by atoms with Gasteiger partial charge in [-0.05, 0) is 30.7 Å². The molecule has 4 rings (SSSR count). The molecule has 4 aromatic rings. The largest absolute Gasteiger partial charge is 0.506 e. The number of halogens is 1. The van der Waals surface area contributed by atoms with Crippen molar-refractivity contribution < 1.29 is 5.11 Å². The number of benzene rings is 2. The maximum Gasteiger partial charge on any atom is 0.143 e. The molecule has 0 aliphatic carbocycles. The molecule has 6 heteroatoms. The van der Waals surface area contributed by atoms with Crippen molar-refractivity contribution in [2.24, 2.45) is 0 Å². The molecule has 25 heavy (non-hydrogen) atoms. The van der Waals surface area contributed by atoms with Gasteiger partial charge >= 0.3 is 0 Å². The fraction of sp³-hybridized carbons (Fsp3) is 0.0526. The molecule has 0 radical (unpaired) electrons. The lowest BCUT2D eigenvalue weighted by Gasteiger charge is -2.10. The van der Waals surface area contributed by atoms with Crippen LogP contribution in [-0.4, -0.2) is 15.1 Å². The summed E-state index contributed by atoms with van der Waals surface area (Å²) in [6.45, 7) is 2.08. The monoisotopic (exact) mass is 367 g/mol. The van der Waals surface area contributed by atoms with Crippen molar-refractivity contribution in [1.82, 2.24) is 9.97 Å². The van der Waals surface area contributed by atoms with E-state index in [0.29, 0.717) is 16.5 Å². The summed E-state index contributed by atoms with van der Waals surface area (Å²) in [6.07, 6.45) is 1.52. The zero-order chi connectivity index (χ0) is 17.4. The number of thiophene rings is 1. The normalized spacial score (nSPS) is 11.0. The van der Waals surface area contributed by atoms with Gasteiger partial charge in [0.05, 0.1) is 11.1 Å². The summed E-state index contributed by atoms with van der Waals surface area (Å²) in [4.78, 5) is 10.9. The summed E-state index contributed by atoms with van der Waals surface area (Å²) in [7, 11) is 0. The van der Waals surface area contributed by atoms with Crippen LogP contribution in [0.1, 0.15) is 4.88 Å². The fourth-order valence-corrected chi connectivity index (χ4v) is 4.01. The molecule has 2 aromatic heterocycles. The molecule has 0 amide bonds. The summed E-state index contributed by atoms with van der Waals surface area (Å²) in [5.74, 6) is 0.759. The standard InChI is InChI=1S/C19H14ClN3OS/c1-11-16(12-5-3-2-4-6-12)17-18(21-10-22-19(17)25-11)23-14-9-13(20)7-8-15(14)24/h2-10,24H,1H3,(H,21,22,23). The van der Waals surface area contributed by atoms with E-state index in [1.807, 2.05) is 18.2 Å². The predicted molar refractivity (Wildman–Crippen MR) is 104 cm³/mol. The van der Waals surface area contributed by atoms with Gasteiger partial charge in [0.25, 0.3) is 0 Å². The molecular formula is C19H14ClN3OS. The van der Waals surface area contributed by atoms with Crippen LogP contribution in [0, 0.1) is 6.92 Å². The molecule has 2 N–H and O–H groups in total. The molecule has 0 spiro atoms. The third-order valence-corrected chi connectivity index (χ3v) is 5.19. The van der Waals surface area contributed by atoms with Crippen molar-refractivity contribution >= 4 is 44.7 Å². The minimum atomic E-state index is 0.115. The van der Waals surface area contributed by atoms with E-state index in [2.05, 4.69) is 34.3 Å². The molecule has 0 aliphatic rings. The topological polar surface area (TPSA) is 58.0 Å². The van der Waals surface area contributed by atoms with Crippen molar-refractivity contribution in [3.63, 3.8) is 0 Å². The molecule has 2 heterocycles. The molecule has 4 nitrogen and oxygen atoms in total. The number of nitrogens with one attached hydrogen (secondary N) is 1. The first kappa shape index (κ1) is 15.9. The number of aromatic hydroxyl groups is 1. The fourth-order valence-electron chi connectivity index (χ4n) is 2.83. The Labute approximate surface area is 153 Å². The zero-order valence-corrected chi connectivity index (χ0v) is 14.9. The SMILES string of the molecule is Cc1sc2ncnc(Nc3cc(Cl)ccc3O)c2c1-c1ccccc1. The summed E-state index contributed by atoms with van der Waals surface area (Å²) >= 11 is 7.68. The maximum absolute atomic E-state index is 10.1. The second kappa shape index (κ2) is 6.35. The third-order valence-electron chi connectivity index (χ3n) is 3.94. The van der Waals surface area contributed by atoms with Crippen LogP contribution < -0.4 is 5.32 Å². The van der Waals surface area contributed by atoms with E-state index < -0.39 is 0 Å². The van der Waals surface area contributed by atoms with Gasteiger partial charge < -0.3 is 10.4 Å². The summed E-state index contributed by atoms with van der Waals surface area (Å²) in [5.41, 5.74) is 2.72. The van der Waals surface area contributed by atoms with Crippen LogP contribution in [-0.2, 0) is 0 Å². The Morgan fingerprint density at radius 1 is 1.08 bits per heavy atom. The highest BCUT2D eigenvalue weighted by Gasteiger charge is 2.17. The Balaban J connectivity index is 1.92. The van der Waals surface area contributed by atoms with E-state index in [9.17, 15) is 5.11 Å². The number of aromatic nitrogens is 2. The highest BCUT2D eigenvalue weighted by Crippen LogP contribution is 2.41. The number of anilines is 2. The van der Waals surface area contributed by atoms with Gasteiger partial charge in [0.2, 0.25) is 0 Å². The molecule has 0 bridgehead atoms. The number of hydrogen-bond acceptors (Lipinski definition) is 5. The number of rotatable bonds is 3. The highest BCUT2D eigenvalue weighted by atomic mass is 35.5. The molecule has 0 aliphatic heterocycles. The Hall–Kier alpha value is -2.63. The van der Waals surface area contributed by atoms with Crippen molar-refractivity contribution in [2.45, 2.75) is 6.92 Å². The second-order valence-electron chi connectivity index (χ2n) is 5.59. The smallest absolute Gasteiger partial charge is 0.143 e. The van der Waals surface area contributed by atoms with E-state index in [4.69, 9.17) is 11.6 Å². The predicted octanol–water partition coefficient (Wildman–Crippen LogP) is 5.77. The van der Waals surface area contributed by atoms with Crippen LogP contribution >= 0.6 is 22.9 Å². The summed E-state index contributed by atoms with van der Waals surface area (Å²) in [5, 5.41) is 14.8. The van der Waals surface area contributed by atoms with Crippen LogP contribution in [0.4, 0.5) is 11.5 Å². The van der Waals surface area contributed by atoms with Gasteiger partial charge in [-0.15, -0.1) is 11.3 Å². The van der Waals surface area contributed by atoms with E-state index >= 15 is 0 Å². The van der Waals surface area contributed by atoms with Crippen LogP contribution in [0.25, 0.3) is 21.3 Å². The first-order valence-corrected chi connectivity index (χ1v) is 8.88. The Kier molecular flexibility index (Phi) is 4.03. The quantitative estimate of drug-likeness (QED) is 0.451. The van der Waals surface area contributed by atoms with Crippen molar-refractivity contribution in [2.75, 3.05) is 5.32 Å². The Morgan fingerprint density at radius 3 is 2.68 bits per heavy atom. The molecule has 2 aromatic carbocycles. The second-order valence-corrected chi connectivity index (χ2v) is 7.23. The van der Waals surface area contributed by atoms with Crippen molar-refractivity contribution in [3.05, 3.63) is 64.8 Å². The summed E-state index contributed by atoms with van der Waals surface area (Å²) < 4.78 is 0. The number of aryl methyl sites for hydroxylation is 1. The Bertz CT molecular complexity index is 1060. The lowest BCUT2D eigenvalue weighted by molar-refractivity contribution is 0.478. The van der Waals surface area contributed by atoms with E-state index in [-0.39, 0.29) is 5.75 Å². The van der Waals surface area contributed by atoms with Gasteiger partial charge in [-0.2, -0.15) is 0 Å². The van der Waals surface area contributed by atoms with Gasteiger partial charge in [0.15, 0.2) is 0 Å². The molecule has 124 valence electrons. The first-order chi connectivity index (χ1) is 12.1. The maximum atomic E-state index is 10.1. The number of fused-ring (bicyclic) bond motifs is 1. The number of nitrogens with zero attached hydrogens (tertiary/aromatic N) is 2. The van der Waals surface area contributed by atoms with Gasteiger partial charge in [-0.3, -0.25) is 0 Å². The highest BCUT2D eigenvalue weighted by molar-refractivity contribution is 7.19. The molecule has 0 fully saturated rings.